The molecule has 2 amide bonds. The summed E-state index contributed by atoms with van der Waals surface area (Å²) in [6.45, 7) is 12.3. The minimum absolute atomic E-state index is 0.0197. The van der Waals surface area contributed by atoms with Crippen LogP contribution in [0, 0.1) is 28.4 Å². The van der Waals surface area contributed by atoms with Crippen molar-refractivity contribution in [1.29, 1.82) is 0 Å². The average Bonchev–Trinajstić information content (AvgIpc) is 3.13. The second kappa shape index (κ2) is 9.37. The van der Waals surface area contributed by atoms with Crippen molar-refractivity contribution in [3.8, 4) is 0 Å². The minimum atomic E-state index is -1.25. The summed E-state index contributed by atoms with van der Waals surface area (Å²) in [5.74, 6) is -0.489. The Morgan fingerprint density at radius 3 is 2.54 bits per heavy atom. The maximum atomic E-state index is 13.3. The van der Waals surface area contributed by atoms with E-state index >= 15 is 0 Å². The Kier molecular flexibility index (Phi) is 6.94. The molecule has 3 N–H and O–H groups in total. The van der Waals surface area contributed by atoms with Gasteiger partial charge in [0.1, 0.15) is 6.04 Å². The Balaban J connectivity index is 1.48. The van der Waals surface area contributed by atoms with Gasteiger partial charge in [0.25, 0.3) is 5.69 Å². The second-order valence-electron chi connectivity index (χ2n) is 11.7. The molecule has 9 nitrogen and oxygen atoms in total. The van der Waals surface area contributed by atoms with Crippen LogP contribution in [-0.2, 0) is 14.1 Å². The fraction of sp³-hybridized carbons (Fsp3) is 0.720. The van der Waals surface area contributed by atoms with Gasteiger partial charge in [0.15, 0.2) is 6.20 Å². The monoisotopic (exact) mass is 487 g/mol. The van der Waals surface area contributed by atoms with Gasteiger partial charge < -0.3 is 30.3 Å². The second-order valence-corrected chi connectivity index (χ2v) is 11.7. The zero-order valence-corrected chi connectivity index (χ0v) is 21.5. The molecule has 1 aromatic rings. The molecule has 0 spiro atoms. The SMILES string of the molecule is CC(C)C[C@H](NC(=O)[C@@H](NC(=O)c1cccc[n+]1[O-])[C@@H](C)O)B1O[C@@H]2C[C@H]3C[C@@H](C3(C)C)[C@]2(C)O1. The summed E-state index contributed by atoms with van der Waals surface area (Å²) >= 11 is 0. The lowest BCUT2D eigenvalue weighted by atomic mass is 9.43. The van der Waals surface area contributed by atoms with E-state index in [2.05, 4.69) is 45.3 Å². The molecular weight excluding hydrogens is 449 g/mol. The predicted molar refractivity (Wildman–Crippen MR) is 130 cm³/mol. The van der Waals surface area contributed by atoms with Crippen molar-refractivity contribution < 1.29 is 28.7 Å². The van der Waals surface area contributed by atoms with Crippen molar-refractivity contribution in [2.24, 2.45) is 23.2 Å². The van der Waals surface area contributed by atoms with Crippen molar-refractivity contribution in [1.82, 2.24) is 10.6 Å². The first-order chi connectivity index (χ1) is 16.3. The van der Waals surface area contributed by atoms with Crippen LogP contribution in [0.15, 0.2) is 24.4 Å². The summed E-state index contributed by atoms with van der Waals surface area (Å²) in [5.41, 5.74) is -0.362. The summed E-state index contributed by atoms with van der Waals surface area (Å²) in [6.07, 6.45) is 2.68. The molecule has 1 saturated heterocycles. The fourth-order valence-corrected chi connectivity index (χ4v) is 6.31. The molecule has 1 aromatic heterocycles. The lowest BCUT2D eigenvalue weighted by Gasteiger charge is -2.64. The molecule has 4 aliphatic rings. The number of hydrogen-bond acceptors (Lipinski definition) is 6. The number of nitrogens with zero attached hydrogens (tertiary/aromatic N) is 1. The molecule has 7 atom stereocenters. The van der Waals surface area contributed by atoms with Crippen molar-refractivity contribution in [3.05, 3.63) is 35.3 Å². The normalized spacial score (nSPS) is 31.2. The number of nitrogens with one attached hydrogen (secondary N) is 2. The lowest BCUT2D eigenvalue weighted by molar-refractivity contribution is -0.607. The number of hydrogen-bond donors (Lipinski definition) is 3. The van der Waals surface area contributed by atoms with Crippen molar-refractivity contribution in [2.45, 2.75) is 90.6 Å². The third-order valence-electron chi connectivity index (χ3n) is 8.46. The fourth-order valence-electron chi connectivity index (χ4n) is 6.31. The van der Waals surface area contributed by atoms with Crippen LogP contribution in [-0.4, -0.2) is 53.8 Å². The van der Waals surface area contributed by atoms with Crippen LogP contribution >= 0.6 is 0 Å². The van der Waals surface area contributed by atoms with E-state index in [4.69, 9.17) is 9.31 Å². The van der Waals surface area contributed by atoms with E-state index in [0.717, 1.165) is 12.8 Å². The maximum absolute atomic E-state index is 13.3. The largest absolute Gasteiger partial charge is 0.618 e. The molecule has 192 valence electrons. The summed E-state index contributed by atoms with van der Waals surface area (Å²) < 4.78 is 13.4. The quantitative estimate of drug-likeness (QED) is 0.291. The van der Waals surface area contributed by atoms with Crippen molar-refractivity contribution in [2.75, 3.05) is 0 Å². The van der Waals surface area contributed by atoms with Gasteiger partial charge in [-0.25, -0.2) is 0 Å². The van der Waals surface area contributed by atoms with Gasteiger partial charge in [-0.05, 0) is 62.3 Å². The van der Waals surface area contributed by atoms with Crippen LogP contribution in [0.2, 0.25) is 0 Å². The molecular formula is C25H38BN3O6. The highest BCUT2D eigenvalue weighted by molar-refractivity contribution is 6.48. The Morgan fingerprint density at radius 1 is 1.23 bits per heavy atom. The zero-order valence-electron chi connectivity index (χ0n) is 21.5. The van der Waals surface area contributed by atoms with Crippen molar-refractivity contribution in [3.63, 3.8) is 0 Å². The van der Waals surface area contributed by atoms with E-state index < -0.39 is 42.6 Å². The summed E-state index contributed by atoms with van der Waals surface area (Å²) in [7, 11) is -0.616. The molecule has 0 aromatic carbocycles. The number of pyridine rings is 1. The third kappa shape index (κ3) is 4.68. The summed E-state index contributed by atoms with van der Waals surface area (Å²) in [5, 5.41) is 27.7. The van der Waals surface area contributed by atoms with Crippen LogP contribution in [0.5, 0.6) is 0 Å². The number of amides is 2. The molecule has 0 unspecified atom stereocenters. The highest BCUT2D eigenvalue weighted by Crippen LogP contribution is 2.65. The highest BCUT2D eigenvalue weighted by atomic mass is 16.7. The molecule has 4 fully saturated rings. The Labute approximate surface area is 207 Å². The topological polar surface area (TPSA) is 124 Å². The molecule has 3 saturated carbocycles. The number of carbonyl (C=O) groups is 2. The third-order valence-corrected chi connectivity index (χ3v) is 8.46. The van der Waals surface area contributed by atoms with E-state index in [0.29, 0.717) is 23.0 Å². The van der Waals surface area contributed by atoms with Crippen LogP contribution in [0.4, 0.5) is 0 Å². The van der Waals surface area contributed by atoms with E-state index in [1.54, 1.807) is 6.07 Å². The Bertz CT molecular complexity index is 972. The van der Waals surface area contributed by atoms with Gasteiger partial charge >= 0.3 is 13.0 Å². The Hall–Kier alpha value is -2.17. The molecule has 2 heterocycles. The van der Waals surface area contributed by atoms with Gasteiger partial charge in [0, 0.05) is 12.1 Å². The highest BCUT2D eigenvalue weighted by Gasteiger charge is 2.68. The number of rotatable bonds is 8. The average molecular weight is 487 g/mol. The number of aliphatic hydroxyl groups is 1. The van der Waals surface area contributed by atoms with Crippen LogP contribution in [0.1, 0.15) is 71.3 Å². The number of carbonyl (C=O) groups excluding carboxylic acids is 2. The molecule has 35 heavy (non-hydrogen) atoms. The Morgan fingerprint density at radius 2 is 1.94 bits per heavy atom. The first-order valence-corrected chi connectivity index (χ1v) is 12.6. The van der Waals surface area contributed by atoms with Gasteiger partial charge in [-0.1, -0.05) is 27.7 Å². The lowest BCUT2D eigenvalue weighted by Crippen LogP contribution is -2.65. The molecule has 0 radical (unpaired) electrons. The van der Waals surface area contributed by atoms with Gasteiger partial charge in [-0.2, -0.15) is 4.73 Å². The van der Waals surface area contributed by atoms with Crippen LogP contribution in [0.3, 0.4) is 0 Å². The molecule has 5 rings (SSSR count). The summed E-state index contributed by atoms with van der Waals surface area (Å²) in [6, 6.07) is 3.17. The minimum Gasteiger partial charge on any atom is -0.618 e. The van der Waals surface area contributed by atoms with Crippen molar-refractivity contribution >= 4 is 18.9 Å². The van der Waals surface area contributed by atoms with E-state index in [9.17, 15) is 19.9 Å². The molecule has 10 heteroatoms. The van der Waals surface area contributed by atoms with Gasteiger partial charge in [-0.3, -0.25) is 9.59 Å². The standard InChI is InChI=1S/C25H38BN3O6/c1-14(2)11-20(26-34-19-13-16-12-18(24(16,4)5)25(19,6)35-26)27-23(32)21(15(3)30)28-22(31)17-9-7-8-10-29(17)33/h7-10,14-16,18-21,30H,11-13H2,1-6H3,(H,27,32)(H,28,31)/t15-,16-,18+,19-,20+,21+,25+/m1/s1. The first-order valence-electron chi connectivity index (χ1n) is 12.6. The predicted octanol–water partition coefficient (Wildman–Crippen LogP) is 1.60. The van der Waals surface area contributed by atoms with E-state index in [-0.39, 0.29) is 23.1 Å². The number of aromatic nitrogens is 1. The van der Waals surface area contributed by atoms with Crippen LogP contribution in [0.25, 0.3) is 0 Å². The molecule has 1 aliphatic heterocycles. The molecule has 2 bridgehead atoms. The maximum Gasteiger partial charge on any atom is 0.481 e. The van der Waals surface area contributed by atoms with Crippen LogP contribution < -0.4 is 15.4 Å². The zero-order chi connectivity index (χ0) is 25.7. The summed E-state index contributed by atoms with van der Waals surface area (Å²) in [4.78, 5) is 25.9. The van der Waals surface area contributed by atoms with E-state index in [1.165, 1.54) is 25.3 Å². The molecule has 3 aliphatic carbocycles. The smallest absolute Gasteiger partial charge is 0.481 e. The number of aliphatic hydroxyl groups excluding tert-OH is 1. The van der Waals surface area contributed by atoms with Gasteiger partial charge in [0.2, 0.25) is 5.91 Å². The van der Waals surface area contributed by atoms with Gasteiger partial charge in [-0.15, -0.1) is 0 Å². The first kappa shape index (κ1) is 25.9. The van der Waals surface area contributed by atoms with Gasteiger partial charge in [0.05, 0.1) is 23.8 Å². The van der Waals surface area contributed by atoms with E-state index in [1.807, 2.05) is 0 Å².